The number of carbonyl (C=O) groups is 1. The van der Waals surface area contributed by atoms with E-state index in [1.54, 1.807) is 12.1 Å². The summed E-state index contributed by atoms with van der Waals surface area (Å²) in [6.07, 6.45) is 4.73. The number of benzene rings is 1. The Hall–Kier alpha value is -2.21. The predicted molar refractivity (Wildman–Crippen MR) is 90.9 cm³/mol. The Labute approximate surface area is 145 Å². The molecule has 1 N–H and O–H groups in total. The van der Waals surface area contributed by atoms with Gasteiger partial charge >= 0.3 is 0 Å². The molecule has 1 heterocycles. The number of fused-ring (bicyclic) bond motifs is 1. The average molecular weight is 350 g/mol. The summed E-state index contributed by atoms with van der Waals surface area (Å²) >= 11 is 6.19. The Morgan fingerprint density at radius 2 is 2.17 bits per heavy atom. The van der Waals surface area contributed by atoms with E-state index in [2.05, 4.69) is 10.4 Å². The molecule has 0 fully saturated rings. The van der Waals surface area contributed by atoms with E-state index >= 15 is 0 Å². The van der Waals surface area contributed by atoms with Crippen LogP contribution in [0.4, 0.5) is 0 Å². The molecule has 0 bridgehead atoms. The van der Waals surface area contributed by atoms with E-state index in [-0.39, 0.29) is 11.9 Å². The quantitative estimate of drug-likeness (QED) is 0.921. The fourth-order valence-electron chi connectivity index (χ4n) is 3.15. The van der Waals surface area contributed by atoms with Crippen LogP contribution < -0.4 is 14.8 Å². The van der Waals surface area contributed by atoms with Gasteiger partial charge in [0, 0.05) is 23.9 Å². The van der Waals surface area contributed by atoms with E-state index in [0.717, 1.165) is 24.8 Å². The van der Waals surface area contributed by atoms with Crippen molar-refractivity contribution < 1.29 is 14.3 Å². The van der Waals surface area contributed by atoms with Crippen LogP contribution in [-0.2, 0) is 13.5 Å². The van der Waals surface area contributed by atoms with Crippen LogP contribution in [0.15, 0.2) is 18.3 Å². The number of carbonyl (C=O) groups excluding carboxylic acids is 1. The van der Waals surface area contributed by atoms with Gasteiger partial charge in [-0.2, -0.15) is 5.10 Å². The molecule has 0 saturated carbocycles. The predicted octanol–water partition coefficient (Wildman–Crippen LogP) is 2.90. The second kappa shape index (κ2) is 6.73. The molecule has 6 nitrogen and oxygen atoms in total. The lowest BCUT2D eigenvalue weighted by molar-refractivity contribution is 0.0932. The highest BCUT2D eigenvalue weighted by Crippen LogP contribution is 2.36. The first-order chi connectivity index (χ1) is 11.5. The van der Waals surface area contributed by atoms with Crippen molar-refractivity contribution in [3.8, 4) is 11.5 Å². The Morgan fingerprint density at radius 1 is 1.38 bits per heavy atom. The molecule has 1 amide bonds. The summed E-state index contributed by atoms with van der Waals surface area (Å²) in [5.41, 5.74) is 2.70. The number of nitrogens with zero attached hydrogens (tertiary/aromatic N) is 2. The number of hydrogen-bond donors (Lipinski definition) is 1. The number of aromatic nitrogens is 2. The van der Waals surface area contributed by atoms with Crippen molar-refractivity contribution in [2.24, 2.45) is 7.05 Å². The van der Waals surface area contributed by atoms with Gasteiger partial charge in [0.05, 0.1) is 31.5 Å². The lowest BCUT2D eigenvalue weighted by atomic mass is 9.92. The summed E-state index contributed by atoms with van der Waals surface area (Å²) in [7, 11) is 4.95. The Balaban J connectivity index is 1.85. The third kappa shape index (κ3) is 2.94. The maximum Gasteiger partial charge on any atom is 0.251 e. The molecule has 1 unspecified atom stereocenters. The first-order valence-corrected chi connectivity index (χ1v) is 8.16. The van der Waals surface area contributed by atoms with Crippen LogP contribution in [0.3, 0.4) is 0 Å². The van der Waals surface area contributed by atoms with Gasteiger partial charge in [0.2, 0.25) is 0 Å². The number of rotatable bonds is 4. The van der Waals surface area contributed by atoms with Gasteiger partial charge in [0.1, 0.15) is 0 Å². The largest absolute Gasteiger partial charge is 0.493 e. The monoisotopic (exact) mass is 349 g/mol. The van der Waals surface area contributed by atoms with Crippen LogP contribution in [0.25, 0.3) is 0 Å². The molecule has 128 valence electrons. The van der Waals surface area contributed by atoms with Gasteiger partial charge < -0.3 is 14.8 Å². The summed E-state index contributed by atoms with van der Waals surface area (Å²) in [5, 5.41) is 7.71. The molecule has 24 heavy (non-hydrogen) atoms. The minimum Gasteiger partial charge on any atom is -0.493 e. The van der Waals surface area contributed by atoms with E-state index in [1.165, 1.54) is 19.9 Å². The fraction of sp³-hybridized carbons (Fsp3) is 0.412. The molecule has 0 aliphatic heterocycles. The highest BCUT2D eigenvalue weighted by Gasteiger charge is 2.25. The molecular weight excluding hydrogens is 330 g/mol. The van der Waals surface area contributed by atoms with Crippen molar-refractivity contribution in [3.63, 3.8) is 0 Å². The van der Waals surface area contributed by atoms with E-state index in [4.69, 9.17) is 21.1 Å². The molecule has 0 saturated heterocycles. The number of ether oxygens (including phenoxy) is 2. The second-order valence-corrected chi connectivity index (χ2v) is 6.19. The third-order valence-corrected chi connectivity index (χ3v) is 4.66. The number of amides is 1. The van der Waals surface area contributed by atoms with Crippen LogP contribution in [0.5, 0.6) is 11.5 Å². The van der Waals surface area contributed by atoms with Crippen LogP contribution >= 0.6 is 11.6 Å². The Morgan fingerprint density at radius 3 is 2.88 bits per heavy atom. The van der Waals surface area contributed by atoms with Crippen molar-refractivity contribution in [2.75, 3.05) is 14.2 Å². The minimum atomic E-state index is -0.195. The first kappa shape index (κ1) is 16.6. The number of halogens is 1. The summed E-state index contributed by atoms with van der Waals surface area (Å²) in [6, 6.07) is 3.18. The number of aryl methyl sites for hydroxylation is 1. The van der Waals surface area contributed by atoms with Crippen molar-refractivity contribution in [1.82, 2.24) is 15.1 Å². The smallest absolute Gasteiger partial charge is 0.251 e. The molecule has 3 rings (SSSR count). The maximum absolute atomic E-state index is 12.7. The second-order valence-electron chi connectivity index (χ2n) is 5.78. The minimum absolute atomic E-state index is 0.0400. The number of methoxy groups -OCH3 is 2. The van der Waals surface area contributed by atoms with Gasteiger partial charge in [-0.25, -0.2) is 0 Å². The van der Waals surface area contributed by atoms with E-state index in [0.29, 0.717) is 22.1 Å². The fourth-order valence-corrected chi connectivity index (χ4v) is 3.43. The zero-order chi connectivity index (χ0) is 17.3. The molecule has 1 aliphatic carbocycles. The Kier molecular flexibility index (Phi) is 4.66. The molecule has 2 aromatic rings. The van der Waals surface area contributed by atoms with Crippen LogP contribution in [-0.4, -0.2) is 29.9 Å². The molecule has 0 radical (unpaired) electrons. The highest BCUT2D eigenvalue weighted by atomic mass is 35.5. The van der Waals surface area contributed by atoms with Crippen molar-refractivity contribution in [2.45, 2.75) is 25.3 Å². The molecule has 1 aromatic carbocycles. The number of nitrogens with one attached hydrogen (secondary N) is 1. The van der Waals surface area contributed by atoms with E-state index in [1.807, 2.05) is 17.9 Å². The highest BCUT2D eigenvalue weighted by molar-refractivity contribution is 6.32. The lowest BCUT2D eigenvalue weighted by Crippen LogP contribution is -2.31. The lowest BCUT2D eigenvalue weighted by Gasteiger charge is -2.24. The van der Waals surface area contributed by atoms with Crippen LogP contribution in [0.2, 0.25) is 5.02 Å². The summed E-state index contributed by atoms with van der Waals surface area (Å²) < 4.78 is 12.3. The van der Waals surface area contributed by atoms with Gasteiger partial charge in [-0.15, -0.1) is 0 Å². The van der Waals surface area contributed by atoms with Gasteiger partial charge in [-0.3, -0.25) is 9.48 Å². The normalized spacial score (nSPS) is 16.4. The molecule has 1 aromatic heterocycles. The standard InChI is InChI=1S/C17H20ClN3O3/c1-21-14-6-4-5-13(11(14)9-19-21)20-17(22)10-7-12(18)16(24-3)15(8-10)23-2/h7-9,13H,4-6H2,1-3H3,(H,20,22). The molecule has 1 aliphatic rings. The van der Waals surface area contributed by atoms with E-state index in [9.17, 15) is 4.79 Å². The summed E-state index contributed by atoms with van der Waals surface area (Å²) in [6.45, 7) is 0. The third-order valence-electron chi connectivity index (χ3n) is 4.38. The topological polar surface area (TPSA) is 65.4 Å². The zero-order valence-corrected chi connectivity index (χ0v) is 14.7. The van der Waals surface area contributed by atoms with Crippen LogP contribution in [0, 0.1) is 0 Å². The zero-order valence-electron chi connectivity index (χ0n) is 13.9. The van der Waals surface area contributed by atoms with Crippen molar-refractivity contribution in [1.29, 1.82) is 0 Å². The molecule has 1 atom stereocenters. The van der Waals surface area contributed by atoms with Gasteiger partial charge in [-0.05, 0) is 31.4 Å². The summed E-state index contributed by atoms with van der Waals surface area (Å²) in [4.78, 5) is 12.7. The first-order valence-electron chi connectivity index (χ1n) is 7.78. The molecule has 7 heteroatoms. The van der Waals surface area contributed by atoms with Gasteiger partial charge in [0.25, 0.3) is 5.91 Å². The number of hydrogen-bond acceptors (Lipinski definition) is 4. The summed E-state index contributed by atoms with van der Waals surface area (Å²) in [5.74, 6) is 0.656. The van der Waals surface area contributed by atoms with E-state index < -0.39 is 0 Å². The van der Waals surface area contributed by atoms with Crippen LogP contribution in [0.1, 0.15) is 40.5 Å². The van der Waals surface area contributed by atoms with Gasteiger partial charge in [-0.1, -0.05) is 11.6 Å². The maximum atomic E-state index is 12.7. The van der Waals surface area contributed by atoms with Crippen molar-refractivity contribution >= 4 is 17.5 Å². The molecular formula is C17H20ClN3O3. The van der Waals surface area contributed by atoms with Gasteiger partial charge in [0.15, 0.2) is 11.5 Å². The van der Waals surface area contributed by atoms with Crippen molar-refractivity contribution in [3.05, 3.63) is 40.2 Å². The SMILES string of the molecule is COc1cc(C(=O)NC2CCCc3c2cnn3C)cc(Cl)c1OC. The Bertz CT molecular complexity index is 773. The molecule has 0 spiro atoms. The average Bonchev–Trinajstić information content (AvgIpc) is 2.96.